The molecule has 1 unspecified atom stereocenters. The highest BCUT2D eigenvalue weighted by molar-refractivity contribution is 5.81. The third-order valence-electron chi connectivity index (χ3n) is 5.69. The first kappa shape index (κ1) is 29.3. The van der Waals surface area contributed by atoms with Crippen molar-refractivity contribution < 1.29 is 24.3 Å². The van der Waals surface area contributed by atoms with E-state index in [9.17, 15) is 9.90 Å². The molecule has 0 saturated carbocycles. The van der Waals surface area contributed by atoms with Crippen molar-refractivity contribution in [1.82, 2.24) is 21.0 Å². The van der Waals surface area contributed by atoms with Crippen LogP contribution in [0.5, 0.6) is 0 Å². The van der Waals surface area contributed by atoms with Crippen LogP contribution in [0.1, 0.15) is 31.8 Å². The fourth-order valence-corrected chi connectivity index (χ4v) is 3.62. The summed E-state index contributed by atoms with van der Waals surface area (Å²) >= 11 is 0. The number of carbonyl (C=O) groups is 1. The molecule has 1 aliphatic rings. The standard InChI is InChI=1S/C27H38N4O5/c1-4-8-23(21(2)19-29-26(22(3)32)27(33)30-34)9-5-6-10-24-11-12-25(36-24)20-28-13-7-14-31-15-17-35-18-16-31/h4,8,11-12,21-22,26,28-29,32,34H,1,7,13-20H2,2-3H3,(H,30,33)/b23-8-/t21?,22-,26+/m1/s1. The number of amides is 1. The molecule has 9 nitrogen and oxygen atoms in total. The van der Waals surface area contributed by atoms with E-state index in [2.05, 4.69) is 45.8 Å². The lowest BCUT2D eigenvalue weighted by molar-refractivity contribution is -0.133. The van der Waals surface area contributed by atoms with Crippen molar-refractivity contribution in [3.63, 3.8) is 0 Å². The van der Waals surface area contributed by atoms with Gasteiger partial charge in [0.2, 0.25) is 0 Å². The number of rotatable bonds is 13. The van der Waals surface area contributed by atoms with E-state index in [1.54, 1.807) is 17.6 Å². The van der Waals surface area contributed by atoms with Gasteiger partial charge in [0.05, 0.1) is 25.9 Å². The quantitative estimate of drug-likeness (QED) is 0.0900. The fourth-order valence-electron chi connectivity index (χ4n) is 3.62. The fraction of sp³-hybridized carbons (Fsp3) is 0.519. The molecule has 36 heavy (non-hydrogen) atoms. The van der Waals surface area contributed by atoms with E-state index in [4.69, 9.17) is 14.4 Å². The van der Waals surface area contributed by atoms with Crippen LogP contribution in [0.4, 0.5) is 0 Å². The molecule has 1 saturated heterocycles. The molecule has 1 aliphatic heterocycles. The molecule has 0 bridgehead atoms. The summed E-state index contributed by atoms with van der Waals surface area (Å²) in [5.74, 6) is 12.2. The summed E-state index contributed by atoms with van der Waals surface area (Å²) in [7, 11) is 0. The predicted octanol–water partition coefficient (Wildman–Crippen LogP) is 1.04. The van der Waals surface area contributed by atoms with Gasteiger partial charge in [0.1, 0.15) is 11.8 Å². The smallest absolute Gasteiger partial charge is 0.263 e. The summed E-state index contributed by atoms with van der Waals surface area (Å²) in [6, 6.07) is 2.79. The van der Waals surface area contributed by atoms with Gasteiger partial charge in [0.25, 0.3) is 5.91 Å². The minimum absolute atomic E-state index is 0.0884. The van der Waals surface area contributed by atoms with E-state index in [0.717, 1.165) is 57.1 Å². The van der Waals surface area contributed by atoms with Crippen LogP contribution in [0.25, 0.3) is 0 Å². The number of nitrogens with one attached hydrogen (secondary N) is 3. The van der Waals surface area contributed by atoms with E-state index >= 15 is 0 Å². The van der Waals surface area contributed by atoms with E-state index in [-0.39, 0.29) is 5.92 Å². The minimum atomic E-state index is -0.975. The average Bonchev–Trinajstić information content (AvgIpc) is 3.33. The zero-order valence-electron chi connectivity index (χ0n) is 21.2. The number of hydrogen-bond acceptors (Lipinski definition) is 8. The van der Waals surface area contributed by atoms with Gasteiger partial charge >= 0.3 is 0 Å². The summed E-state index contributed by atoms with van der Waals surface area (Å²) in [5.41, 5.74) is 2.32. The Kier molecular flexibility index (Phi) is 13.6. The molecule has 1 amide bonds. The third-order valence-corrected chi connectivity index (χ3v) is 5.69. The van der Waals surface area contributed by atoms with Crippen LogP contribution in [0.15, 0.2) is 40.9 Å². The Labute approximate surface area is 213 Å². The lowest BCUT2D eigenvalue weighted by atomic mass is 10.00. The molecule has 0 aromatic carbocycles. The summed E-state index contributed by atoms with van der Waals surface area (Å²) in [6.07, 6.45) is 3.51. The number of nitrogens with zero attached hydrogens (tertiary/aromatic N) is 1. The number of hydroxylamine groups is 1. The van der Waals surface area contributed by atoms with Crippen LogP contribution in [0.3, 0.4) is 0 Å². The first-order chi connectivity index (χ1) is 17.4. The molecule has 9 heteroatoms. The van der Waals surface area contributed by atoms with Crippen LogP contribution in [-0.4, -0.2) is 79.2 Å². The molecule has 2 heterocycles. The highest BCUT2D eigenvalue weighted by Crippen LogP contribution is 2.10. The molecule has 1 fully saturated rings. The Balaban J connectivity index is 1.80. The number of ether oxygens (including phenoxy) is 1. The van der Waals surface area contributed by atoms with Crippen LogP contribution in [-0.2, 0) is 16.1 Å². The summed E-state index contributed by atoms with van der Waals surface area (Å²) in [6.45, 7) is 13.8. The average molecular weight is 499 g/mol. The van der Waals surface area contributed by atoms with E-state index in [0.29, 0.717) is 18.8 Å². The maximum absolute atomic E-state index is 11.7. The van der Waals surface area contributed by atoms with Crippen LogP contribution in [0.2, 0.25) is 0 Å². The highest BCUT2D eigenvalue weighted by Gasteiger charge is 2.23. The molecule has 0 spiro atoms. The second kappa shape index (κ2) is 16.7. The topological polar surface area (TPSA) is 119 Å². The van der Waals surface area contributed by atoms with Gasteiger partial charge in [-0.05, 0) is 56.3 Å². The SMILES string of the molecule is C=C/C=C(/C#CC#Cc1ccc(CNCCCN2CCOCC2)o1)C(C)CN[C@H](C(=O)NO)[C@@H](C)O. The Morgan fingerprint density at radius 3 is 2.75 bits per heavy atom. The maximum atomic E-state index is 11.7. The molecule has 1 aromatic rings. The maximum Gasteiger partial charge on any atom is 0.263 e. The van der Waals surface area contributed by atoms with Crippen molar-refractivity contribution in [2.75, 3.05) is 45.9 Å². The summed E-state index contributed by atoms with van der Waals surface area (Å²) in [5, 5.41) is 24.9. The lowest BCUT2D eigenvalue weighted by Crippen LogP contribution is -2.50. The van der Waals surface area contributed by atoms with Gasteiger partial charge in [-0.1, -0.05) is 31.6 Å². The Hall–Kier alpha value is -2.89. The monoisotopic (exact) mass is 498 g/mol. The first-order valence-corrected chi connectivity index (χ1v) is 12.2. The molecule has 1 aromatic heterocycles. The Bertz CT molecular complexity index is 974. The predicted molar refractivity (Wildman–Crippen MR) is 138 cm³/mol. The lowest BCUT2D eigenvalue weighted by Gasteiger charge is -2.26. The number of hydrogen-bond donors (Lipinski definition) is 5. The first-order valence-electron chi connectivity index (χ1n) is 12.2. The van der Waals surface area contributed by atoms with Gasteiger partial charge in [-0.2, -0.15) is 0 Å². The van der Waals surface area contributed by atoms with Gasteiger partial charge < -0.3 is 24.9 Å². The van der Waals surface area contributed by atoms with Crippen molar-refractivity contribution in [1.29, 1.82) is 0 Å². The number of furan rings is 1. The minimum Gasteiger partial charge on any atom is -0.451 e. The molecule has 5 N–H and O–H groups in total. The van der Waals surface area contributed by atoms with Crippen molar-refractivity contribution in [2.24, 2.45) is 5.92 Å². The Morgan fingerprint density at radius 2 is 2.06 bits per heavy atom. The van der Waals surface area contributed by atoms with E-state index in [1.807, 2.05) is 19.1 Å². The largest absolute Gasteiger partial charge is 0.451 e. The second-order valence-electron chi connectivity index (χ2n) is 8.61. The van der Waals surface area contributed by atoms with Crippen molar-refractivity contribution in [2.45, 2.75) is 39.0 Å². The number of aliphatic hydroxyl groups excluding tert-OH is 1. The molecule has 196 valence electrons. The third kappa shape index (κ3) is 10.8. The molecular formula is C27H38N4O5. The van der Waals surface area contributed by atoms with Gasteiger partial charge in [-0.3, -0.25) is 14.9 Å². The normalized spacial score (nSPS) is 16.6. The molecular weight excluding hydrogens is 460 g/mol. The van der Waals surface area contributed by atoms with Gasteiger partial charge in [0, 0.05) is 31.1 Å². The van der Waals surface area contributed by atoms with Gasteiger partial charge in [0.15, 0.2) is 5.76 Å². The second-order valence-corrected chi connectivity index (χ2v) is 8.61. The zero-order chi connectivity index (χ0) is 26.2. The zero-order valence-corrected chi connectivity index (χ0v) is 21.2. The molecule has 0 radical (unpaired) electrons. The van der Waals surface area contributed by atoms with Crippen LogP contribution >= 0.6 is 0 Å². The van der Waals surface area contributed by atoms with E-state index in [1.165, 1.54) is 6.92 Å². The summed E-state index contributed by atoms with van der Waals surface area (Å²) in [4.78, 5) is 14.1. The van der Waals surface area contributed by atoms with E-state index < -0.39 is 18.1 Å². The number of aliphatic hydroxyl groups is 1. The van der Waals surface area contributed by atoms with Gasteiger partial charge in [-0.15, -0.1) is 0 Å². The number of carbonyl (C=O) groups excluding carboxylic acids is 1. The number of allylic oxidation sites excluding steroid dienone is 2. The molecule has 2 rings (SSSR count). The Morgan fingerprint density at radius 1 is 1.28 bits per heavy atom. The van der Waals surface area contributed by atoms with Crippen LogP contribution in [0, 0.1) is 29.6 Å². The molecule has 3 atom stereocenters. The summed E-state index contributed by atoms with van der Waals surface area (Å²) < 4.78 is 11.1. The highest BCUT2D eigenvalue weighted by atomic mass is 16.5. The number of morpholine rings is 1. The van der Waals surface area contributed by atoms with Crippen molar-refractivity contribution in [3.8, 4) is 23.7 Å². The van der Waals surface area contributed by atoms with Crippen molar-refractivity contribution >= 4 is 5.91 Å². The molecule has 0 aliphatic carbocycles. The van der Waals surface area contributed by atoms with Gasteiger partial charge in [-0.25, -0.2) is 5.48 Å². The van der Waals surface area contributed by atoms with Crippen LogP contribution < -0.4 is 16.1 Å². The van der Waals surface area contributed by atoms with Crippen molar-refractivity contribution in [3.05, 3.63) is 48.0 Å².